The summed E-state index contributed by atoms with van der Waals surface area (Å²) >= 11 is 0. The summed E-state index contributed by atoms with van der Waals surface area (Å²) in [5.74, 6) is 0. The fraction of sp³-hybridized carbons (Fsp3) is 0.312. The van der Waals surface area contributed by atoms with Gasteiger partial charge in [-0.3, -0.25) is 9.52 Å². The topological polar surface area (TPSA) is 135 Å². The maximum absolute atomic E-state index is 12.6. The number of nitrogens with one attached hydrogen (secondary N) is 2. The van der Waals surface area contributed by atoms with E-state index < -0.39 is 26.2 Å². The SMILES string of the molecule is Cc1cc(NS(=O)(=O)c2cccc(S(=O)(=O)NC[C@H](C)O)c2)cn(C)c1=O. The molecule has 0 amide bonds. The van der Waals surface area contributed by atoms with Crippen molar-refractivity contribution in [3.05, 3.63) is 52.4 Å². The number of sulfonamides is 2. The standard InChI is InChI=1S/C16H21N3O6S2/c1-11-7-13(10-19(3)16(11)21)18-27(24,25)15-6-4-5-14(8-15)26(22,23)17-9-12(2)20/h4-8,10,12,17-18,20H,9H2,1-3H3/t12-/m0/s1. The Morgan fingerprint density at radius 2 is 1.70 bits per heavy atom. The van der Waals surface area contributed by atoms with Gasteiger partial charge in [0.25, 0.3) is 15.6 Å². The maximum atomic E-state index is 12.6. The third-order valence-corrected chi connectivity index (χ3v) is 6.41. The van der Waals surface area contributed by atoms with E-state index in [-0.39, 0.29) is 27.6 Å². The average Bonchev–Trinajstić information content (AvgIpc) is 2.58. The molecular weight excluding hydrogens is 394 g/mol. The van der Waals surface area contributed by atoms with Crippen LogP contribution in [-0.4, -0.2) is 39.2 Å². The Kier molecular flexibility index (Phi) is 6.10. The zero-order valence-corrected chi connectivity index (χ0v) is 16.6. The van der Waals surface area contributed by atoms with Crippen LogP contribution in [0.4, 0.5) is 5.69 Å². The molecule has 1 heterocycles. The number of hydrogen-bond donors (Lipinski definition) is 3. The molecule has 0 fully saturated rings. The van der Waals surface area contributed by atoms with E-state index in [2.05, 4.69) is 9.44 Å². The highest BCUT2D eigenvalue weighted by Crippen LogP contribution is 2.19. The molecule has 27 heavy (non-hydrogen) atoms. The van der Waals surface area contributed by atoms with Gasteiger partial charge >= 0.3 is 0 Å². The van der Waals surface area contributed by atoms with Gasteiger partial charge in [-0.2, -0.15) is 0 Å². The van der Waals surface area contributed by atoms with Crippen LogP contribution in [0.2, 0.25) is 0 Å². The molecule has 0 saturated heterocycles. The fourth-order valence-corrected chi connectivity index (χ4v) is 4.59. The van der Waals surface area contributed by atoms with Crippen LogP contribution in [0, 0.1) is 6.92 Å². The van der Waals surface area contributed by atoms with E-state index in [1.165, 1.54) is 49.0 Å². The van der Waals surface area contributed by atoms with Crippen molar-refractivity contribution in [2.75, 3.05) is 11.3 Å². The van der Waals surface area contributed by atoms with Gasteiger partial charge in [-0.15, -0.1) is 0 Å². The molecule has 0 spiro atoms. The van der Waals surface area contributed by atoms with Crippen LogP contribution < -0.4 is 15.0 Å². The number of aryl methyl sites for hydroxylation is 2. The number of hydrogen-bond acceptors (Lipinski definition) is 6. The van der Waals surface area contributed by atoms with Gasteiger partial charge < -0.3 is 9.67 Å². The summed E-state index contributed by atoms with van der Waals surface area (Å²) in [5, 5.41) is 9.22. The molecule has 0 aliphatic rings. The van der Waals surface area contributed by atoms with Crippen LogP contribution in [0.5, 0.6) is 0 Å². The molecule has 0 bridgehead atoms. The molecule has 0 saturated carbocycles. The van der Waals surface area contributed by atoms with Crippen LogP contribution in [-0.2, 0) is 27.1 Å². The van der Waals surface area contributed by atoms with Gasteiger partial charge in [0.05, 0.1) is 21.6 Å². The van der Waals surface area contributed by atoms with Gasteiger partial charge in [-0.05, 0) is 38.1 Å². The van der Waals surface area contributed by atoms with E-state index in [4.69, 9.17) is 0 Å². The molecule has 2 aromatic rings. The molecule has 148 valence electrons. The largest absolute Gasteiger partial charge is 0.392 e. The first-order valence-electron chi connectivity index (χ1n) is 7.90. The van der Waals surface area contributed by atoms with Crippen LogP contribution in [0.3, 0.4) is 0 Å². The lowest BCUT2D eigenvalue weighted by molar-refractivity contribution is 0.198. The lowest BCUT2D eigenvalue weighted by Crippen LogP contribution is -2.30. The molecule has 1 aromatic carbocycles. The van der Waals surface area contributed by atoms with Gasteiger partial charge in [0.1, 0.15) is 0 Å². The monoisotopic (exact) mass is 415 g/mol. The van der Waals surface area contributed by atoms with E-state index in [1.54, 1.807) is 6.92 Å². The number of aliphatic hydroxyl groups excluding tert-OH is 1. The van der Waals surface area contributed by atoms with Gasteiger partial charge in [0.2, 0.25) is 10.0 Å². The molecule has 0 aliphatic heterocycles. The van der Waals surface area contributed by atoms with E-state index in [1.807, 2.05) is 0 Å². The summed E-state index contributed by atoms with van der Waals surface area (Å²) in [6.07, 6.45) is 0.443. The Balaban J connectivity index is 2.36. The Morgan fingerprint density at radius 3 is 2.26 bits per heavy atom. The summed E-state index contributed by atoms with van der Waals surface area (Å²) in [7, 11) is -6.56. The Hall–Kier alpha value is -2.21. The molecule has 3 N–H and O–H groups in total. The summed E-state index contributed by atoms with van der Waals surface area (Å²) in [6, 6.07) is 6.22. The predicted octanol–water partition coefficient (Wildman–Crippen LogP) is 0.154. The van der Waals surface area contributed by atoms with Crippen molar-refractivity contribution in [3.63, 3.8) is 0 Å². The number of pyridine rings is 1. The highest BCUT2D eigenvalue weighted by Gasteiger charge is 2.20. The lowest BCUT2D eigenvalue weighted by Gasteiger charge is -2.12. The second-order valence-corrected chi connectivity index (χ2v) is 9.56. The summed E-state index contributed by atoms with van der Waals surface area (Å²) < 4.78 is 55.4. The number of nitrogens with zero attached hydrogens (tertiary/aromatic N) is 1. The van der Waals surface area contributed by atoms with Gasteiger partial charge in [0, 0.05) is 25.4 Å². The highest BCUT2D eigenvalue weighted by atomic mass is 32.2. The van der Waals surface area contributed by atoms with Crippen LogP contribution in [0.1, 0.15) is 12.5 Å². The molecule has 0 radical (unpaired) electrons. The Bertz CT molecular complexity index is 1080. The minimum atomic E-state index is -4.08. The number of rotatable bonds is 7. The van der Waals surface area contributed by atoms with Crippen molar-refractivity contribution in [3.8, 4) is 0 Å². The minimum Gasteiger partial charge on any atom is -0.392 e. The number of benzene rings is 1. The Labute approximate surface area is 157 Å². The fourth-order valence-electron chi connectivity index (χ4n) is 2.27. The van der Waals surface area contributed by atoms with Crippen molar-refractivity contribution in [2.45, 2.75) is 29.7 Å². The first-order chi connectivity index (χ1) is 12.4. The lowest BCUT2D eigenvalue weighted by atomic mass is 10.3. The maximum Gasteiger partial charge on any atom is 0.261 e. The second kappa shape index (κ2) is 7.80. The number of anilines is 1. The van der Waals surface area contributed by atoms with E-state index in [0.717, 1.165) is 6.07 Å². The average molecular weight is 415 g/mol. The van der Waals surface area contributed by atoms with E-state index in [0.29, 0.717) is 5.56 Å². The van der Waals surface area contributed by atoms with E-state index >= 15 is 0 Å². The molecule has 1 atom stereocenters. The van der Waals surface area contributed by atoms with Crippen LogP contribution in [0.15, 0.2) is 51.1 Å². The Morgan fingerprint density at radius 1 is 1.11 bits per heavy atom. The summed E-state index contributed by atoms with van der Waals surface area (Å²) in [5.41, 5.74) is 0.279. The molecule has 0 aliphatic carbocycles. The molecule has 9 nitrogen and oxygen atoms in total. The normalized spacial score (nSPS) is 13.3. The van der Waals surface area contributed by atoms with Gasteiger partial charge in [0.15, 0.2) is 0 Å². The minimum absolute atomic E-state index is 0.176. The van der Waals surface area contributed by atoms with Crippen molar-refractivity contribution in [2.24, 2.45) is 7.05 Å². The summed E-state index contributed by atoms with van der Waals surface area (Å²) in [4.78, 5) is 11.2. The zero-order valence-electron chi connectivity index (χ0n) is 15.0. The predicted molar refractivity (Wildman–Crippen MR) is 101 cm³/mol. The van der Waals surface area contributed by atoms with Crippen molar-refractivity contribution in [1.82, 2.24) is 9.29 Å². The van der Waals surface area contributed by atoms with Crippen molar-refractivity contribution in [1.29, 1.82) is 0 Å². The number of aliphatic hydroxyl groups is 1. The first kappa shape index (κ1) is 21.1. The molecule has 11 heteroatoms. The quantitative estimate of drug-likeness (QED) is 0.589. The van der Waals surface area contributed by atoms with Crippen LogP contribution >= 0.6 is 0 Å². The smallest absolute Gasteiger partial charge is 0.261 e. The molecular formula is C16H21N3O6S2. The molecule has 1 aromatic heterocycles. The van der Waals surface area contributed by atoms with Gasteiger partial charge in [-0.1, -0.05) is 6.07 Å². The van der Waals surface area contributed by atoms with Crippen molar-refractivity contribution >= 4 is 25.7 Å². The third kappa shape index (κ3) is 5.16. The first-order valence-corrected chi connectivity index (χ1v) is 10.9. The highest BCUT2D eigenvalue weighted by molar-refractivity contribution is 7.93. The van der Waals surface area contributed by atoms with E-state index in [9.17, 15) is 26.7 Å². The number of aromatic nitrogens is 1. The van der Waals surface area contributed by atoms with Crippen LogP contribution in [0.25, 0.3) is 0 Å². The second-order valence-electron chi connectivity index (χ2n) is 6.11. The molecule has 2 rings (SSSR count). The third-order valence-electron chi connectivity index (χ3n) is 3.61. The summed E-state index contributed by atoms with van der Waals surface area (Å²) in [6.45, 7) is 2.78. The van der Waals surface area contributed by atoms with Gasteiger partial charge in [-0.25, -0.2) is 21.6 Å². The zero-order chi connectivity index (χ0) is 20.4. The molecule has 0 unspecified atom stereocenters. The van der Waals surface area contributed by atoms with Crippen molar-refractivity contribution < 1.29 is 21.9 Å².